The van der Waals surface area contributed by atoms with Crippen LogP contribution in [0.15, 0.2) is 18.2 Å². The summed E-state index contributed by atoms with van der Waals surface area (Å²) < 4.78 is 0. The first-order valence-corrected chi connectivity index (χ1v) is 10.2. The van der Waals surface area contributed by atoms with E-state index in [2.05, 4.69) is 27.8 Å². The van der Waals surface area contributed by atoms with E-state index in [9.17, 15) is 14.4 Å². The van der Waals surface area contributed by atoms with Crippen molar-refractivity contribution < 1.29 is 14.4 Å². The Morgan fingerprint density at radius 2 is 1.75 bits per heavy atom. The molecular formula is C19H26Cl2N4O3. The summed E-state index contributed by atoms with van der Waals surface area (Å²) in [6, 6.07) is 4.62. The van der Waals surface area contributed by atoms with E-state index in [-0.39, 0.29) is 35.6 Å². The Labute approximate surface area is 175 Å². The number of benzene rings is 1. The van der Waals surface area contributed by atoms with Gasteiger partial charge in [0.1, 0.15) is 0 Å². The molecule has 0 radical (unpaired) electrons. The first kappa shape index (κ1) is 22.5. The van der Waals surface area contributed by atoms with Crippen LogP contribution in [0.3, 0.4) is 0 Å². The molecule has 28 heavy (non-hydrogen) atoms. The van der Waals surface area contributed by atoms with Gasteiger partial charge in [0.25, 0.3) is 5.91 Å². The third-order valence-electron chi connectivity index (χ3n) is 4.52. The van der Waals surface area contributed by atoms with E-state index < -0.39 is 11.8 Å². The van der Waals surface area contributed by atoms with Gasteiger partial charge in [-0.05, 0) is 44.0 Å². The summed E-state index contributed by atoms with van der Waals surface area (Å²) in [6.45, 7) is 4.83. The highest BCUT2D eigenvalue weighted by molar-refractivity contribution is 6.36. The van der Waals surface area contributed by atoms with E-state index in [1.807, 2.05) is 0 Å². The molecule has 1 aliphatic heterocycles. The molecule has 7 nitrogen and oxygen atoms in total. The zero-order valence-corrected chi connectivity index (χ0v) is 17.4. The van der Waals surface area contributed by atoms with Gasteiger partial charge in [-0.25, -0.2) is 0 Å². The van der Waals surface area contributed by atoms with E-state index in [4.69, 9.17) is 23.2 Å². The van der Waals surface area contributed by atoms with Crippen molar-refractivity contribution in [2.75, 3.05) is 32.7 Å². The molecule has 0 aromatic heterocycles. The summed E-state index contributed by atoms with van der Waals surface area (Å²) >= 11 is 11.8. The predicted molar refractivity (Wildman–Crippen MR) is 110 cm³/mol. The largest absolute Gasteiger partial charge is 0.352 e. The highest BCUT2D eigenvalue weighted by Crippen LogP contribution is 2.20. The van der Waals surface area contributed by atoms with E-state index >= 15 is 0 Å². The van der Waals surface area contributed by atoms with Crippen molar-refractivity contribution in [2.45, 2.75) is 32.2 Å². The van der Waals surface area contributed by atoms with E-state index in [1.165, 1.54) is 12.1 Å². The van der Waals surface area contributed by atoms with Gasteiger partial charge in [0, 0.05) is 24.2 Å². The van der Waals surface area contributed by atoms with Gasteiger partial charge >= 0.3 is 0 Å². The Morgan fingerprint density at radius 1 is 1.07 bits per heavy atom. The van der Waals surface area contributed by atoms with E-state index in [0.29, 0.717) is 5.02 Å². The van der Waals surface area contributed by atoms with Crippen LogP contribution in [0.1, 0.15) is 36.5 Å². The summed E-state index contributed by atoms with van der Waals surface area (Å²) in [5.41, 5.74) is 0.228. The molecule has 0 unspecified atom stereocenters. The third kappa shape index (κ3) is 7.30. The number of rotatable bonds is 8. The number of piperidine rings is 1. The van der Waals surface area contributed by atoms with Crippen LogP contribution in [-0.4, -0.2) is 61.4 Å². The van der Waals surface area contributed by atoms with Gasteiger partial charge in [-0.2, -0.15) is 0 Å². The maximum Gasteiger partial charge on any atom is 0.253 e. The first-order chi connectivity index (χ1) is 13.4. The van der Waals surface area contributed by atoms with Crippen LogP contribution in [0, 0.1) is 0 Å². The minimum atomic E-state index is -0.486. The van der Waals surface area contributed by atoms with Gasteiger partial charge in [0.15, 0.2) is 0 Å². The van der Waals surface area contributed by atoms with Crippen molar-refractivity contribution in [2.24, 2.45) is 0 Å². The van der Waals surface area contributed by atoms with Crippen LogP contribution in [0.4, 0.5) is 0 Å². The van der Waals surface area contributed by atoms with Crippen LogP contribution in [0.25, 0.3) is 0 Å². The van der Waals surface area contributed by atoms with Gasteiger partial charge in [-0.15, -0.1) is 0 Å². The van der Waals surface area contributed by atoms with Crippen LogP contribution in [-0.2, 0) is 9.59 Å². The third-order valence-corrected chi connectivity index (χ3v) is 5.07. The van der Waals surface area contributed by atoms with Crippen LogP contribution in [0.2, 0.25) is 10.0 Å². The molecule has 1 saturated heterocycles. The Morgan fingerprint density at radius 3 is 2.39 bits per heavy atom. The van der Waals surface area contributed by atoms with Crippen molar-refractivity contribution in [3.05, 3.63) is 33.8 Å². The minimum absolute atomic E-state index is 0.119. The van der Waals surface area contributed by atoms with Crippen molar-refractivity contribution in [3.63, 3.8) is 0 Å². The summed E-state index contributed by atoms with van der Waals surface area (Å²) in [5.74, 6) is -1.17. The smallest absolute Gasteiger partial charge is 0.253 e. The standard InChI is InChI=1S/C19H26Cl2N4O3/c1-2-7-25-8-5-14(6-9-25)24-18(27)12-22-17(26)11-23-19(28)15-4-3-13(20)10-16(15)21/h3-4,10,14H,2,5-9,11-12H2,1H3,(H,22,26)(H,23,28)(H,24,27). The predicted octanol–water partition coefficient (Wildman–Crippen LogP) is 1.83. The van der Waals surface area contributed by atoms with E-state index in [1.54, 1.807) is 6.07 Å². The van der Waals surface area contributed by atoms with Crippen molar-refractivity contribution in [1.29, 1.82) is 0 Å². The lowest BCUT2D eigenvalue weighted by Gasteiger charge is -2.32. The average molecular weight is 429 g/mol. The van der Waals surface area contributed by atoms with Crippen molar-refractivity contribution in [3.8, 4) is 0 Å². The summed E-state index contributed by atoms with van der Waals surface area (Å²) in [5, 5.41) is 8.53. The Bertz CT molecular complexity index is 706. The molecule has 0 atom stereocenters. The number of carbonyl (C=O) groups excluding carboxylic acids is 3. The lowest BCUT2D eigenvalue weighted by atomic mass is 10.0. The molecule has 2 rings (SSSR count). The number of likely N-dealkylation sites (tertiary alicyclic amines) is 1. The van der Waals surface area contributed by atoms with Crippen LogP contribution >= 0.6 is 23.2 Å². The lowest BCUT2D eigenvalue weighted by Crippen LogP contribution is -2.48. The zero-order valence-electron chi connectivity index (χ0n) is 15.9. The second kappa shape index (κ2) is 11.2. The molecule has 1 aliphatic rings. The fourth-order valence-corrected chi connectivity index (χ4v) is 3.56. The fraction of sp³-hybridized carbons (Fsp3) is 0.526. The molecule has 3 N–H and O–H groups in total. The molecule has 1 heterocycles. The molecule has 1 aromatic rings. The van der Waals surface area contributed by atoms with Gasteiger partial charge in [-0.3, -0.25) is 14.4 Å². The molecule has 0 aliphatic carbocycles. The number of halogens is 2. The quantitative estimate of drug-likeness (QED) is 0.588. The second-order valence-electron chi connectivity index (χ2n) is 6.77. The first-order valence-electron chi connectivity index (χ1n) is 9.40. The number of amides is 3. The van der Waals surface area contributed by atoms with Gasteiger partial charge < -0.3 is 20.9 Å². The fourth-order valence-electron chi connectivity index (χ4n) is 3.07. The molecule has 3 amide bonds. The number of carbonyl (C=O) groups is 3. The molecule has 0 bridgehead atoms. The van der Waals surface area contributed by atoms with Gasteiger partial charge in [0.05, 0.1) is 23.7 Å². The number of hydrogen-bond acceptors (Lipinski definition) is 4. The van der Waals surface area contributed by atoms with Gasteiger partial charge in [0.2, 0.25) is 11.8 Å². The second-order valence-corrected chi connectivity index (χ2v) is 7.61. The number of hydrogen-bond donors (Lipinski definition) is 3. The Kier molecular flexibility index (Phi) is 9.02. The summed E-state index contributed by atoms with van der Waals surface area (Å²) in [6.07, 6.45) is 2.96. The van der Waals surface area contributed by atoms with E-state index in [0.717, 1.165) is 38.9 Å². The lowest BCUT2D eigenvalue weighted by molar-refractivity contribution is -0.126. The Hall–Kier alpha value is -1.83. The average Bonchev–Trinajstić information content (AvgIpc) is 2.66. The highest BCUT2D eigenvalue weighted by atomic mass is 35.5. The molecule has 154 valence electrons. The van der Waals surface area contributed by atoms with Crippen LogP contribution < -0.4 is 16.0 Å². The zero-order chi connectivity index (χ0) is 20.5. The monoisotopic (exact) mass is 428 g/mol. The van der Waals surface area contributed by atoms with Crippen LogP contribution in [0.5, 0.6) is 0 Å². The Balaban J connectivity index is 1.65. The van der Waals surface area contributed by atoms with Crippen molar-refractivity contribution >= 4 is 40.9 Å². The topological polar surface area (TPSA) is 90.5 Å². The minimum Gasteiger partial charge on any atom is -0.352 e. The number of nitrogens with one attached hydrogen (secondary N) is 3. The SMILES string of the molecule is CCCN1CCC(NC(=O)CNC(=O)CNC(=O)c2ccc(Cl)cc2Cl)CC1. The molecular weight excluding hydrogens is 403 g/mol. The molecule has 1 fully saturated rings. The highest BCUT2D eigenvalue weighted by Gasteiger charge is 2.20. The molecule has 0 saturated carbocycles. The molecule has 9 heteroatoms. The summed E-state index contributed by atoms with van der Waals surface area (Å²) in [4.78, 5) is 38.3. The maximum atomic E-state index is 12.1. The molecule has 0 spiro atoms. The van der Waals surface area contributed by atoms with Gasteiger partial charge in [-0.1, -0.05) is 30.1 Å². The summed E-state index contributed by atoms with van der Waals surface area (Å²) in [7, 11) is 0. The number of nitrogens with zero attached hydrogens (tertiary/aromatic N) is 1. The normalized spacial score (nSPS) is 15.1. The maximum absolute atomic E-state index is 12.1. The van der Waals surface area contributed by atoms with Crippen molar-refractivity contribution in [1.82, 2.24) is 20.9 Å². The molecule has 1 aromatic carbocycles.